The highest BCUT2D eigenvalue weighted by Gasteiger charge is 2.32. The van der Waals surface area contributed by atoms with Crippen molar-refractivity contribution < 1.29 is 24.0 Å². The van der Waals surface area contributed by atoms with Gasteiger partial charge in [0.05, 0.1) is 6.54 Å². The van der Waals surface area contributed by atoms with Gasteiger partial charge in [-0.2, -0.15) is 0 Å². The number of benzene rings is 3. The maximum absolute atomic E-state index is 13.9. The Kier molecular flexibility index (Phi) is 14.8. The van der Waals surface area contributed by atoms with Crippen molar-refractivity contribution in [3.8, 4) is 0 Å². The van der Waals surface area contributed by atoms with Crippen LogP contribution in [0.15, 0.2) is 76.7 Å². The molecule has 1 fully saturated rings. The zero-order valence-corrected chi connectivity index (χ0v) is 29.9. The van der Waals surface area contributed by atoms with Crippen LogP contribution >= 0.6 is 11.6 Å². The molecule has 0 bridgehead atoms. The van der Waals surface area contributed by atoms with Crippen LogP contribution in [0.5, 0.6) is 0 Å². The van der Waals surface area contributed by atoms with Crippen LogP contribution in [0.4, 0.5) is 0 Å². The number of halogens is 1. The normalized spacial score (nSPS) is 20.1. The summed E-state index contributed by atoms with van der Waals surface area (Å²) < 4.78 is 0. The quantitative estimate of drug-likeness (QED) is 0.0653. The van der Waals surface area contributed by atoms with Gasteiger partial charge >= 0.3 is 0 Å². The third-order valence-corrected chi connectivity index (χ3v) is 8.72. The second-order valence-corrected chi connectivity index (χ2v) is 13.1. The van der Waals surface area contributed by atoms with E-state index >= 15 is 0 Å². The molecular formula is C36H46ClN11O5. The Morgan fingerprint density at radius 1 is 0.604 bits per heavy atom. The molecule has 0 aromatic heterocycles. The minimum atomic E-state index is -1.16. The molecule has 0 saturated carbocycles. The Morgan fingerprint density at radius 2 is 1.09 bits per heavy atom. The summed E-state index contributed by atoms with van der Waals surface area (Å²) in [4.78, 5) is 76.5. The Bertz CT molecular complexity index is 1830. The summed E-state index contributed by atoms with van der Waals surface area (Å²) in [5.74, 6) is -3.57. The van der Waals surface area contributed by atoms with Crippen molar-refractivity contribution in [2.75, 3.05) is 19.6 Å². The molecule has 1 aliphatic heterocycles. The molecule has 13 N–H and O–H groups in total. The first-order chi connectivity index (χ1) is 25.4. The Balaban J connectivity index is 1.68. The van der Waals surface area contributed by atoms with Crippen molar-refractivity contribution in [3.05, 3.63) is 82.9 Å². The second kappa shape index (κ2) is 19.6. The highest BCUT2D eigenvalue weighted by atomic mass is 35.5. The van der Waals surface area contributed by atoms with Gasteiger partial charge < -0.3 is 49.5 Å². The van der Waals surface area contributed by atoms with Gasteiger partial charge in [-0.05, 0) is 59.7 Å². The number of nitrogens with one attached hydrogen (secondary N) is 5. The number of hydrogen-bond acceptors (Lipinski definition) is 7. The lowest BCUT2D eigenvalue weighted by molar-refractivity contribution is -0.134. The number of nitrogens with zero attached hydrogens (tertiary/aromatic N) is 2. The number of carbonyl (C=O) groups excluding carboxylic acids is 5. The maximum atomic E-state index is 13.9. The molecule has 53 heavy (non-hydrogen) atoms. The van der Waals surface area contributed by atoms with E-state index in [-0.39, 0.29) is 57.1 Å². The standard InChI is InChI=1S/C36H46ClN11O5/c37-25-13-10-21(11-14-25)18-29-34(53)47-26(7-3-15-42-35(38)39)32(51)46-27(8-4-16-43-36(40)41)33(52)48-28(31(50)44-20-30(49)45-29)19-22-9-12-23-5-1-2-6-24(23)17-22/h1-2,5-6,9-14,17,26-29H,3-4,7-8,15-16,18-20H2,(H,44,50)(H,45,49)(H,46,51)(H,47,53)(H,48,52)(H4,38,39,42)(H4,40,41,43)/t26-,27-,28-,29+/m0/s1. The lowest BCUT2D eigenvalue weighted by atomic mass is 10.0. The monoisotopic (exact) mass is 747 g/mol. The molecule has 3 aromatic carbocycles. The molecule has 5 amide bonds. The Morgan fingerprint density at radius 3 is 1.68 bits per heavy atom. The van der Waals surface area contributed by atoms with Gasteiger partial charge in [0.1, 0.15) is 24.2 Å². The first-order valence-corrected chi connectivity index (χ1v) is 17.6. The summed E-state index contributed by atoms with van der Waals surface area (Å²) in [7, 11) is 0. The number of nitrogens with two attached hydrogens (primary N) is 4. The first-order valence-electron chi connectivity index (χ1n) is 17.2. The van der Waals surface area contributed by atoms with E-state index in [0.717, 1.165) is 16.3 Å². The van der Waals surface area contributed by atoms with Gasteiger partial charge in [-0.15, -0.1) is 0 Å². The van der Waals surface area contributed by atoms with Crippen LogP contribution < -0.4 is 49.5 Å². The third-order valence-electron chi connectivity index (χ3n) is 8.47. The molecule has 282 valence electrons. The number of hydrogen-bond donors (Lipinski definition) is 9. The van der Waals surface area contributed by atoms with E-state index < -0.39 is 60.2 Å². The van der Waals surface area contributed by atoms with Gasteiger partial charge in [-0.25, -0.2) is 0 Å². The fourth-order valence-electron chi connectivity index (χ4n) is 5.77. The highest BCUT2D eigenvalue weighted by molar-refractivity contribution is 6.30. The zero-order valence-electron chi connectivity index (χ0n) is 29.1. The molecule has 0 radical (unpaired) electrons. The molecule has 1 heterocycles. The second-order valence-electron chi connectivity index (χ2n) is 12.6. The van der Waals surface area contributed by atoms with Crippen molar-refractivity contribution in [3.63, 3.8) is 0 Å². The topological polar surface area (TPSA) is 274 Å². The number of aliphatic imine (C=N–C) groups is 2. The van der Waals surface area contributed by atoms with Crippen LogP contribution in [0.3, 0.4) is 0 Å². The van der Waals surface area contributed by atoms with E-state index in [1.807, 2.05) is 42.5 Å². The van der Waals surface area contributed by atoms with Crippen molar-refractivity contribution in [1.82, 2.24) is 26.6 Å². The summed E-state index contributed by atoms with van der Waals surface area (Å²) in [5, 5.41) is 16.0. The average Bonchev–Trinajstić information content (AvgIpc) is 3.12. The van der Waals surface area contributed by atoms with Crippen molar-refractivity contribution in [2.45, 2.75) is 62.7 Å². The molecule has 1 saturated heterocycles. The zero-order chi connectivity index (χ0) is 38.3. The summed E-state index contributed by atoms with van der Waals surface area (Å²) >= 11 is 6.06. The molecule has 0 unspecified atom stereocenters. The van der Waals surface area contributed by atoms with Gasteiger partial charge in [-0.1, -0.05) is 66.2 Å². The predicted molar refractivity (Wildman–Crippen MR) is 203 cm³/mol. The SMILES string of the molecule is NC(N)=NCCC[C@@H]1NC(=O)[C@H](CCCN=C(N)N)NC(=O)[C@@H](Cc2ccc(Cl)cc2)NC(=O)CNC(=O)[C@H](Cc2ccc3ccccc3c2)NC1=O. The van der Waals surface area contributed by atoms with Crippen LogP contribution in [0.1, 0.15) is 36.8 Å². The van der Waals surface area contributed by atoms with Crippen LogP contribution in [-0.2, 0) is 36.8 Å². The Hall–Kier alpha value is -5.90. The van der Waals surface area contributed by atoms with Gasteiger partial charge in [0.25, 0.3) is 0 Å². The third kappa shape index (κ3) is 13.0. The van der Waals surface area contributed by atoms with Crippen LogP contribution in [0, 0.1) is 0 Å². The predicted octanol–water partition coefficient (Wildman–Crippen LogP) is -0.545. The first kappa shape index (κ1) is 39.9. The van der Waals surface area contributed by atoms with E-state index in [9.17, 15) is 24.0 Å². The van der Waals surface area contributed by atoms with E-state index in [1.165, 1.54) is 0 Å². The van der Waals surface area contributed by atoms with E-state index in [2.05, 4.69) is 36.6 Å². The van der Waals surface area contributed by atoms with Gasteiger partial charge in [-0.3, -0.25) is 34.0 Å². The molecule has 4 rings (SSSR count). The summed E-state index contributed by atoms with van der Waals surface area (Å²) in [6.07, 6.45) is 0.878. The van der Waals surface area contributed by atoms with Crippen LogP contribution in [0.2, 0.25) is 5.02 Å². The number of fused-ring (bicyclic) bond motifs is 1. The fourth-order valence-corrected chi connectivity index (χ4v) is 5.90. The highest BCUT2D eigenvalue weighted by Crippen LogP contribution is 2.17. The van der Waals surface area contributed by atoms with Crippen molar-refractivity contribution >= 4 is 63.8 Å². The number of rotatable bonds is 12. The van der Waals surface area contributed by atoms with Gasteiger partial charge in [0.2, 0.25) is 29.5 Å². The molecule has 4 atom stereocenters. The molecule has 0 spiro atoms. The Labute approximate surface area is 311 Å². The molecular weight excluding hydrogens is 702 g/mol. The molecule has 16 nitrogen and oxygen atoms in total. The van der Waals surface area contributed by atoms with E-state index in [4.69, 9.17) is 34.5 Å². The fraction of sp³-hybridized carbons (Fsp3) is 0.361. The minimum Gasteiger partial charge on any atom is -0.370 e. The van der Waals surface area contributed by atoms with Crippen LogP contribution in [-0.4, -0.2) is 85.3 Å². The van der Waals surface area contributed by atoms with Gasteiger partial charge in [0, 0.05) is 31.0 Å². The minimum absolute atomic E-state index is 0.0447. The smallest absolute Gasteiger partial charge is 0.243 e. The lowest BCUT2D eigenvalue weighted by Gasteiger charge is -2.26. The van der Waals surface area contributed by atoms with Gasteiger partial charge in [0.15, 0.2) is 11.9 Å². The van der Waals surface area contributed by atoms with Crippen molar-refractivity contribution in [1.29, 1.82) is 0 Å². The van der Waals surface area contributed by atoms with Crippen LogP contribution in [0.25, 0.3) is 10.8 Å². The molecule has 3 aromatic rings. The maximum Gasteiger partial charge on any atom is 0.243 e. The molecule has 1 aliphatic rings. The van der Waals surface area contributed by atoms with Crippen molar-refractivity contribution in [2.24, 2.45) is 32.9 Å². The van der Waals surface area contributed by atoms with E-state index in [1.54, 1.807) is 24.3 Å². The number of guanidine groups is 2. The summed E-state index contributed by atoms with van der Waals surface area (Å²) in [5.41, 5.74) is 23.3. The average molecular weight is 748 g/mol. The molecule has 0 aliphatic carbocycles. The summed E-state index contributed by atoms with van der Waals surface area (Å²) in [6.45, 7) is -0.157. The lowest BCUT2D eigenvalue weighted by Crippen LogP contribution is -2.58. The molecule has 17 heteroatoms. The number of amides is 5. The van der Waals surface area contributed by atoms with E-state index in [0.29, 0.717) is 17.0 Å². The largest absolute Gasteiger partial charge is 0.370 e. The summed E-state index contributed by atoms with van der Waals surface area (Å²) in [6, 6.07) is 15.5. The number of carbonyl (C=O) groups is 5.